The maximum Gasteiger partial charge on any atom is 0.163 e. The molecular formula is C11H22O2. The van der Waals surface area contributed by atoms with Gasteiger partial charge < -0.3 is 9.47 Å². The van der Waals surface area contributed by atoms with Crippen molar-refractivity contribution in [2.24, 2.45) is 11.8 Å². The molecule has 0 spiro atoms. The normalized spacial score (nSPS) is 35.8. The lowest BCUT2D eigenvalue weighted by Crippen LogP contribution is -2.47. The van der Waals surface area contributed by atoms with Crippen LogP contribution in [-0.4, -0.2) is 18.5 Å². The molecule has 0 aromatic heterocycles. The molecule has 1 fully saturated rings. The average Bonchev–Trinajstić information content (AvgIpc) is 2.08. The van der Waals surface area contributed by atoms with Crippen molar-refractivity contribution in [2.75, 3.05) is 6.61 Å². The summed E-state index contributed by atoms with van der Waals surface area (Å²) in [7, 11) is 0. The van der Waals surface area contributed by atoms with Crippen LogP contribution < -0.4 is 0 Å². The topological polar surface area (TPSA) is 18.5 Å². The van der Waals surface area contributed by atoms with Crippen molar-refractivity contribution in [3.63, 3.8) is 0 Å². The van der Waals surface area contributed by atoms with Gasteiger partial charge in [0.2, 0.25) is 0 Å². The Morgan fingerprint density at radius 1 is 1.46 bits per heavy atom. The molecule has 78 valence electrons. The third-order valence-corrected chi connectivity index (χ3v) is 2.88. The van der Waals surface area contributed by atoms with Crippen molar-refractivity contribution >= 4 is 0 Å². The minimum Gasteiger partial charge on any atom is -0.350 e. The van der Waals surface area contributed by atoms with Gasteiger partial charge >= 0.3 is 0 Å². The van der Waals surface area contributed by atoms with Gasteiger partial charge in [0.05, 0.1) is 12.7 Å². The fourth-order valence-electron chi connectivity index (χ4n) is 1.81. The van der Waals surface area contributed by atoms with E-state index in [4.69, 9.17) is 9.47 Å². The second-order valence-corrected chi connectivity index (χ2v) is 4.66. The Balaban J connectivity index is 2.60. The summed E-state index contributed by atoms with van der Waals surface area (Å²) in [5.41, 5.74) is 0. The van der Waals surface area contributed by atoms with E-state index in [1.807, 2.05) is 13.8 Å². The molecule has 0 N–H and O–H groups in total. The van der Waals surface area contributed by atoms with Crippen LogP contribution in [0.3, 0.4) is 0 Å². The van der Waals surface area contributed by atoms with Crippen LogP contribution in [0.2, 0.25) is 0 Å². The van der Waals surface area contributed by atoms with E-state index in [9.17, 15) is 0 Å². The fourth-order valence-corrected chi connectivity index (χ4v) is 1.81. The third kappa shape index (κ3) is 2.68. The molecule has 13 heavy (non-hydrogen) atoms. The van der Waals surface area contributed by atoms with E-state index in [2.05, 4.69) is 20.8 Å². The molecule has 0 saturated carbocycles. The van der Waals surface area contributed by atoms with Crippen molar-refractivity contribution in [1.29, 1.82) is 0 Å². The Labute approximate surface area is 81.6 Å². The summed E-state index contributed by atoms with van der Waals surface area (Å²) in [4.78, 5) is 0. The van der Waals surface area contributed by atoms with Crippen molar-refractivity contribution in [1.82, 2.24) is 0 Å². The van der Waals surface area contributed by atoms with Gasteiger partial charge in [-0.3, -0.25) is 0 Å². The minimum atomic E-state index is -0.388. The van der Waals surface area contributed by atoms with Crippen LogP contribution in [-0.2, 0) is 9.47 Å². The lowest BCUT2D eigenvalue weighted by molar-refractivity contribution is -0.299. The number of ether oxygens (including phenoxy) is 2. The standard InChI is InChI=1S/C11H22O2/c1-6-8(2)10-9(3)7-12-11(4,5)13-10/h8-10H,6-7H2,1-5H3/t8-,9+,10-/m1/s1. The number of hydrogen-bond acceptors (Lipinski definition) is 2. The number of rotatable bonds is 2. The van der Waals surface area contributed by atoms with Crippen LogP contribution in [0, 0.1) is 11.8 Å². The first-order valence-corrected chi connectivity index (χ1v) is 5.28. The van der Waals surface area contributed by atoms with Crippen LogP contribution >= 0.6 is 0 Å². The summed E-state index contributed by atoms with van der Waals surface area (Å²) in [5.74, 6) is 0.752. The molecular weight excluding hydrogens is 164 g/mol. The Hall–Kier alpha value is -0.0800. The largest absolute Gasteiger partial charge is 0.350 e. The van der Waals surface area contributed by atoms with Crippen LogP contribution in [0.5, 0.6) is 0 Å². The predicted octanol–water partition coefficient (Wildman–Crippen LogP) is 2.82. The van der Waals surface area contributed by atoms with Crippen molar-refractivity contribution in [3.8, 4) is 0 Å². The molecule has 1 heterocycles. The second-order valence-electron chi connectivity index (χ2n) is 4.66. The highest BCUT2D eigenvalue weighted by Crippen LogP contribution is 2.31. The lowest BCUT2D eigenvalue weighted by Gasteiger charge is -2.42. The van der Waals surface area contributed by atoms with Gasteiger partial charge in [-0.25, -0.2) is 0 Å². The van der Waals surface area contributed by atoms with Gasteiger partial charge in [-0.05, 0) is 19.8 Å². The summed E-state index contributed by atoms with van der Waals surface area (Å²) in [6.45, 7) is 11.5. The zero-order valence-electron chi connectivity index (χ0n) is 9.46. The summed E-state index contributed by atoms with van der Waals surface area (Å²) >= 11 is 0. The highest BCUT2D eigenvalue weighted by atomic mass is 16.7. The van der Waals surface area contributed by atoms with Gasteiger partial charge in [-0.1, -0.05) is 27.2 Å². The van der Waals surface area contributed by atoms with Crippen molar-refractivity contribution < 1.29 is 9.47 Å². The van der Waals surface area contributed by atoms with Gasteiger partial charge in [0, 0.05) is 5.92 Å². The second kappa shape index (κ2) is 3.97. The SMILES string of the molecule is CC[C@@H](C)[C@H]1OC(C)(C)OC[C@@H]1C. The first kappa shape index (κ1) is 11.0. The van der Waals surface area contributed by atoms with Gasteiger partial charge in [0.1, 0.15) is 0 Å². The summed E-state index contributed by atoms with van der Waals surface area (Å²) in [6, 6.07) is 0. The van der Waals surface area contributed by atoms with E-state index in [0.717, 1.165) is 6.61 Å². The summed E-state index contributed by atoms with van der Waals surface area (Å²) in [5, 5.41) is 0. The van der Waals surface area contributed by atoms with Crippen LogP contribution in [0.15, 0.2) is 0 Å². The Kier molecular flexibility index (Phi) is 3.36. The summed E-state index contributed by atoms with van der Waals surface area (Å²) in [6.07, 6.45) is 1.53. The first-order valence-electron chi connectivity index (χ1n) is 5.28. The van der Waals surface area contributed by atoms with E-state index in [1.54, 1.807) is 0 Å². The van der Waals surface area contributed by atoms with Crippen LogP contribution in [0.25, 0.3) is 0 Å². The zero-order chi connectivity index (χ0) is 10.1. The fraction of sp³-hybridized carbons (Fsp3) is 1.00. The Bertz CT molecular complexity index is 161. The van der Waals surface area contributed by atoms with Gasteiger partial charge in [-0.15, -0.1) is 0 Å². The summed E-state index contributed by atoms with van der Waals surface area (Å²) < 4.78 is 11.5. The van der Waals surface area contributed by atoms with Crippen LogP contribution in [0.1, 0.15) is 41.0 Å². The molecule has 2 heteroatoms. The molecule has 1 rings (SSSR count). The van der Waals surface area contributed by atoms with E-state index in [0.29, 0.717) is 17.9 Å². The van der Waals surface area contributed by atoms with Gasteiger partial charge in [0.15, 0.2) is 5.79 Å². The molecule has 0 unspecified atom stereocenters. The Morgan fingerprint density at radius 3 is 2.62 bits per heavy atom. The molecule has 0 aromatic carbocycles. The highest BCUT2D eigenvalue weighted by Gasteiger charge is 2.36. The highest BCUT2D eigenvalue weighted by molar-refractivity contribution is 4.78. The lowest BCUT2D eigenvalue weighted by atomic mass is 9.90. The predicted molar refractivity (Wildman–Crippen MR) is 53.5 cm³/mol. The number of hydrogen-bond donors (Lipinski definition) is 0. The molecule has 0 bridgehead atoms. The van der Waals surface area contributed by atoms with E-state index >= 15 is 0 Å². The van der Waals surface area contributed by atoms with E-state index < -0.39 is 0 Å². The van der Waals surface area contributed by atoms with Crippen molar-refractivity contribution in [2.45, 2.75) is 52.9 Å². The van der Waals surface area contributed by atoms with E-state index in [1.165, 1.54) is 6.42 Å². The minimum absolute atomic E-state index is 0.355. The van der Waals surface area contributed by atoms with E-state index in [-0.39, 0.29) is 5.79 Å². The molecule has 0 amide bonds. The van der Waals surface area contributed by atoms with Gasteiger partial charge in [0.25, 0.3) is 0 Å². The van der Waals surface area contributed by atoms with Gasteiger partial charge in [-0.2, -0.15) is 0 Å². The smallest absolute Gasteiger partial charge is 0.163 e. The first-order chi connectivity index (χ1) is 5.96. The monoisotopic (exact) mass is 186 g/mol. The average molecular weight is 186 g/mol. The van der Waals surface area contributed by atoms with Crippen molar-refractivity contribution in [3.05, 3.63) is 0 Å². The molecule has 1 aliphatic heterocycles. The maximum absolute atomic E-state index is 5.92. The molecule has 0 aromatic rings. The molecule has 2 nitrogen and oxygen atoms in total. The maximum atomic E-state index is 5.92. The molecule has 1 saturated heterocycles. The quantitative estimate of drug-likeness (QED) is 0.660. The third-order valence-electron chi connectivity index (χ3n) is 2.88. The molecule has 3 atom stereocenters. The van der Waals surface area contributed by atoms with Crippen LogP contribution in [0.4, 0.5) is 0 Å². The Morgan fingerprint density at radius 2 is 2.08 bits per heavy atom. The molecule has 0 radical (unpaired) electrons. The molecule has 0 aliphatic carbocycles. The zero-order valence-corrected chi connectivity index (χ0v) is 9.46. The molecule has 1 aliphatic rings.